The first-order chi connectivity index (χ1) is 15.6. The van der Waals surface area contributed by atoms with Crippen LogP contribution in [0.5, 0.6) is 0 Å². The fourth-order valence-electron chi connectivity index (χ4n) is 2.97. The lowest BCUT2D eigenvalue weighted by molar-refractivity contribution is -0.113. The van der Waals surface area contributed by atoms with Crippen molar-refractivity contribution < 1.29 is 14.0 Å². The first-order valence-corrected chi connectivity index (χ1v) is 11.4. The highest BCUT2D eigenvalue weighted by Crippen LogP contribution is 2.35. The van der Waals surface area contributed by atoms with Crippen molar-refractivity contribution in [1.29, 1.82) is 5.26 Å². The second-order valence-electron chi connectivity index (χ2n) is 6.63. The van der Waals surface area contributed by atoms with E-state index >= 15 is 0 Å². The number of thiophene rings is 1. The van der Waals surface area contributed by atoms with Gasteiger partial charge in [0.05, 0.1) is 17.6 Å². The maximum Gasteiger partial charge on any atom is 0.291 e. The van der Waals surface area contributed by atoms with Crippen LogP contribution in [-0.4, -0.2) is 17.6 Å². The summed E-state index contributed by atoms with van der Waals surface area (Å²) in [6.45, 7) is 0. The lowest BCUT2D eigenvalue weighted by Crippen LogP contribution is -2.14. The van der Waals surface area contributed by atoms with Gasteiger partial charge in [0.15, 0.2) is 5.76 Å². The quantitative estimate of drug-likeness (QED) is 0.337. The molecule has 0 saturated carbocycles. The summed E-state index contributed by atoms with van der Waals surface area (Å²) < 4.78 is 5.09. The van der Waals surface area contributed by atoms with E-state index in [1.54, 1.807) is 30.3 Å². The number of nitrogens with zero attached hydrogens (tertiary/aromatic N) is 1. The molecule has 2 N–H and O–H groups in total. The Hall–Kier alpha value is -3.80. The molecule has 0 fully saturated rings. The van der Waals surface area contributed by atoms with E-state index < -0.39 is 0 Å². The predicted octanol–water partition coefficient (Wildman–Crippen LogP) is 5.86. The number of thioether (sulfide) groups is 1. The summed E-state index contributed by atoms with van der Waals surface area (Å²) in [7, 11) is 0. The first kappa shape index (κ1) is 21.4. The molecule has 0 atom stereocenters. The summed E-state index contributed by atoms with van der Waals surface area (Å²) in [6.07, 6.45) is 1.44. The van der Waals surface area contributed by atoms with Crippen molar-refractivity contribution in [2.45, 2.75) is 4.90 Å². The van der Waals surface area contributed by atoms with Gasteiger partial charge in [0.2, 0.25) is 5.91 Å². The topological polar surface area (TPSA) is 95.1 Å². The van der Waals surface area contributed by atoms with Gasteiger partial charge < -0.3 is 15.1 Å². The number of carbonyl (C=O) groups is 2. The van der Waals surface area contributed by atoms with Crippen LogP contribution >= 0.6 is 23.1 Å². The summed E-state index contributed by atoms with van der Waals surface area (Å²) in [5.41, 5.74) is 2.81. The minimum absolute atomic E-state index is 0.166. The van der Waals surface area contributed by atoms with Crippen molar-refractivity contribution in [2.24, 2.45) is 0 Å². The molecule has 0 radical (unpaired) electrons. The standard InChI is InChI=1S/C24H17N3O3S2/c25-13-19-20(16-6-2-1-3-7-16)14-32-24(19)27-22(28)15-31-18-9-4-8-17(12-18)26-23(29)21-10-5-11-30-21/h1-12,14H,15H2,(H,26,29)(H,27,28). The predicted molar refractivity (Wildman–Crippen MR) is 127 cm³/mol. The van der Waals surface area contributed by atoms with E-state index in [-0.39, 0.29) is 23.3 Å². The molecule has 0 aliphatic carbocycles. The number of anilines is 2. The fraction of sp³-hybridized carbons (Fsp3) is 0.0417. The Morgan fingerprint density at radius 3 is 2.62 bits per heavy atom. The monoisotopic (exact) mass is 459 g/mol. The van der Waals surface area contributed by atoms with Crippen LogP contribution < -0.4 is 10.6 Å². The van der Waals surface area contributed by atoms with Gasteiger partial charge in [-0.15, -0.1) is 23.1 Å². The Kier molecular flexibility index (Phi) is 6.70. The molecule has 6 nitrogen and oxygen atoms in total. The molecular formula is C24H17N3O3S2. The van der Waals surface area contributed by atoms with E-state index in [9.17, 15) is 14.9 Å². The first-order valence-electron chi connectivity index (χ1n) is 9.58. The molecule has 0 aliphatic rings. The normalized spacial score (nSPS) is 10.3. The number of carbonyl (C=O) groups excluding carboxylic acids is 2. The lowest BCUT2D eigenvalue weighted by Gasteiger charge is -2.07. The SMILES string of the molecule is N#Cc1c(-c2ccccc2)csc1NC(=O)CSc1cccc(NC(=O)c2ccco2)c1. The molecule has 2 amide bonds. The number of hydrogen-bond donors (Lipinski definition) is 2. The number of benzene rings is 2. The van der Waals surface area contributed by atoms with Gasteiger partial charge in [-0.25, -0.2) is 0 Å². The van der Waals surface area contributed by atoms with Crippen molar-refractivity contribution in [3.63, 3.8) is 0 Å². The van der Waals surface area contributed by atoms with Crippen molar-refractivity contribution in [3.8, 4) is 17.2 Å². The fourth-order valence-corrected chi connectivity index (χ4v) is 4.66. The highest BCUT2D eigenvalue weighted by atomic mass is 32.2. The molecule has 0 aliphatic heterocycles. The number of hydrogen-bond acceptors (Lipinski definition) is 6. The Bertz CT molecular complexity index is 1280. The van der Waals surface area contributed by atoms with Gasteiger partial charge in [0.1, 0.15) is 11.1 Å². The lowest BCUT2D eigenvalue weighted by atomic mass is 10.1. The molecule has 0 unspecified atom stereocenters. The number of nitriles is 1. The number of furan rings is 1. The highest BCUT2D eigenvalue weighted by Gasteiger charge is 2.15. The van der Waals surface area contributed by atoms with Gasteiger partial charge in [-0.1, -0.05) is 36.4 Å². The van der Waals surface area contributed by atoms with Crippen molar-refractivity contribution in [1.82, 2.24) is 0 Å². The second kappa shape index (κ2) is 10.0. The van der Waals surface area contributed by atoms with Crippen LogP contribution in [0, 0.1) is 11.3 Å². The Labute approximate surface area is 192 Å². The van der Waals surface area contributed by atoms with Gasteiger partial charge in [-0.3, -0.25) is 9.59 Å². The maximum atomic E-state index is 12.5. The van der Waals surface area contributed by atoms with Crippen molar-refractivity contribution in [3.05, 3.63) is 89.7 Å². The van der Waals surface area contributed by atoms with Crippen LogP contribution in [0.2, 0.25) is 0 Å². The van der Waals surface area contributed by atoms with Gasteiger partial charge in [0, 0.05) is 21.5 Å². The van der Waals surface area contributed by atoms with Crippen LogP contribution in [0.15, 0.2) is 87.7 Å². The molecule has 2 aromatic carbocycles. The third-order valence-corrected chi connectivity index (χ3v) is 6.34. The van der Waals surface area contributed by atoms with Crippen LogP contribution in [0.1, 0.15) is 16.1 Å². The van der Waals surface area contributed by atoms with E-state index in [0.29, 0.717) is 16.3 Å². The summed E-state index contributed by atoms with van der Waals surface area (Å²) >= 11 is 2.67. The van der Waals surface area contributed by atoms with Crippen molar-refractivity contribution >= 4 is 45.6 Å². The maximum absolute atomic E-state index is 12.5. The molecular weight excluding hydrogens is 442 g/mol. The van der Waals surface area contributed by atoms with E-state index in [0.717, 1.165) is 16.0 Å². The Morgan fingerprint density at radius 1 is 1.03 bits per heavy atom. The molecule has 0 saturated heterocycles. The summed E-state index contributed by atoms with van der Waals surface area (Å²) in [5, 5.41) is 17.6. The van der Waals surface area contributed by atoms with Crippen molar-refractivity contribution in [2.75, 3.05) is 16.4 Å². The van der Waals surface area contributed by atoms with Gasteiger partial charge in [0.25, 0.3) is 5.91 Å². The van der Waals surface area contributed by atoms with Crippen LogP contribution in [0.4, 0.5) is 10.7 Å². The number of nitrogens with one attached hydrogen (secondary N) is 2. The minimum Gasteiger partial charge on any atom is -0.459 e. The van der Waals surface area contributed by atoms with Crippen LogP contribution in [-0.2, 0) is 4.79 Å². The summed E-state index contributed by atoms with van der Waals surface area (Å²) in [5.74, 6) is -0.163. The second-order valence-corrected chi connectivity index (χ2v) is 8.56. The van der Waals surface area contributed by atoms with E-state index in [4.69, 9.17) is 4.42 Å². The van der Waals surface area contributed by atoms with Crippen LogP contribution in [0.25, 0.3) is 11.1 Å². The smallest absolute Gasteiger partial charge is 0.291 e. The largest absolute Gasteiger partial charge is 0.459 e. The number of amides is 2. The highest BCUT2D eigenvalue weighted by molar-refractivity contribution is 8.00. The molecule has 4 aromatic rings. The molecule has 2 aromatic heterocycles. The van der Waals surface area contributed by atoms with E-state index in [1.807, 2.05) is 41.8 Å². The summed E-state index contributed by atoms with van der Waals surface area (Å²) in [6, 6.07) is 22.3. The minimum atomic E-state index is -0.342. The molecule has 32 heavy (non-hydrogen) atoms. The summed E-state index contributed by atoms with van der Waals surface area (Å²) in [4.78, 5) is 25.4. The number of rotatable bonds is 7. The molecule has 8 heteroatoms. The van der Waals surface area contributed by atoms with Crippen LogP contribution in [0.3, 0.4) is 0 Å². The van der Waals surface area contributed by atoms with E-state index in [2.05, 4.69) is 16.7 Å². The average Bonchev–Trinajstić information content (AvgIpc) is 3.49. The molecule has 2 heterocycles. The zero-order chi connectivity index (χ0) is 22.3. The Morgan fingerprint density at radius 2 is 1.88 bits per heavy atom. The van der Waals surface area contributed by atoms with Gasteiger partial charge in [-0.2, -0.15) is 5.26 Å². The zero-order valence-electron chi connectivity index (χ0n) is 16.7. The molecule has 0 spiro atoms. The average molecular weight is 460 g/mol. The van der Waals surface area contributed by atoms with Gasteiger partial charge >= 0.3 is 0 Å². The molecule has 158 valence electrons. The van der Waals surface area contributed by atoms with Gasteiger partial charge in [-0.05, 0) is 35.9 Å². The molecule has 0 bridgehead atoms. The third kappa shape index (κ3) is 5.09. The Balaban J connectivity index is 1.37. The molecule has 4 rings (SSSR count). The van der Waals surface area contributed by atoms with E-state index in [1.165, 1.54) is 29.4 Å². The zero-order valence-corrected chi connectivity index (χ0v) is 18.3. The third-order valence-electron chi connectivity index (χ3n) is 4.45.